The molecular formula is C14H16N2O. The highest BCUT2D eigenvalue weighted by atomic mass is 16.2. The maximum Gasteiger partial charge on any atom is 0.237 e. The number of benzene rings is 1. The number of para-hydroxylation sites is 1. The lowest BCUT2D eigenvalue weighted by atomic mass is 10.0. The minimum atomic E-state index is -0.188. The average molecular weight is 228 g/mol. The molecule has 0 unspecified atom stereocenters. The van der Waals surface area contributed by atoms with Crippen LogP contribution in [0.5, 0.6) is 0 Å². The van der Waals surface area contributed by atoms with Crippen molar-refractivity contribution in [2.75, 3.05) is 5.32 Å². The van der Waals surface area contributed by atoms with Crippen LogP contribution in [0.15, 0.2) is 29.3 Å². The summed E-state index contributed by atoms with van der Waals surface area (Å²) in [6, 6.07) is 8.29. The van der Waals surface area contributed by atoms with Gasteiger partial charge in [0.05, 0.1) is 0 Å². The number of anilines is 1. The van der Waals surface area contributed by atoms with Crippen LogP contribution < -0.4 is 5.32 Å². The summed E-state index contributed by atoms with van der Waals surface area (Å²) in [5.74, 6) is -0.139. The standard InChI is InChI=1S/C14H16N2O/c17-14-12(9-15-10-5-1-2-6-10)11-7-3-4-8-13(11)16-14/h3-4,7-10,12H,1-2,5-6H2,(H,16,17)/t12-/m0/s1. The first kappa shape index (κ1) is 10.5. The third kappa shape index (κ3) is 1.97. The zero-order valence-corrected chi connectivity index (χ0v) is 9.73. The van der Waals surface area contributed by atoms with Crippen LogP contribution >= 0.6 is 0 Å². The minimum Gasteiger partial charge on any atom is -0.325 e. The van der Waals surface area contributed by atoms with E-state index >= 15 is 0 Å². The first-order valence-electron chi connectivity index (χ1n) is 6.28. The Morgan fingerprint density at radius 2 is 2.00 bits per heavy atom. The topological polar surface area (TPSA) is 41.5 Å². The predicted molar refractivity (Wildman–Crippen MR) is 68.6 cm³/mol. The van der Waals surface area contributed by atoms with Gasteiger partial charge in [0.2, 0.25) is 5.91 Å². The van der Waals surface area contributed by atoms with Gasteiger partial charge in [0.1, 0.15) is 5.92 Å². The molecule has 1 N–H and O–H groups in total. The van der Waals surface area contributed by atoms with Gasteiger partial charge < -0.3 is 5.32 Å². The number of carbonyl (C=O) groups is 1. The summed E-state index contributed by atoms with van der Waals surface area (Å²) in [6.07, 6.45) is 6.74. The highest BCUT2D eigenvalue weighted by Gasteiger charge is 2.28. The number of nitrogens with one attached hydrogen (secondary N) is 1. The first-order chi connectivity index (χ1) is 8.34. The van der Waals surface area contributed by atoms with E-state index < -0.39 is 0 Å². The molecule has 1 aliphatic heterocycles. The van der Waals surface area contributed by atoms with E-state index in [0.717, 1.165) is 11.3 Å². The second-order valence-corrected chi connectivity index (χ2v) is 4.79. The fourth-order valence-electron chi connectivity index (χ4n) is 2.64. The predicted octanol–water partition coefficient (Wildman–Crippen LogP) is 2.74. The van der Waals surface area contributed by atoms with Crippen LogP contribution in [-0.4, -0.2) is 18.2 Å². The van der Waals surface area contributed by atoms with Gasteiger partial charge in [0, 0.05) is 17.9 Å². The Bertz CT molecular complexity index is 461. The number of carbonyl (C=O) groups excluding carboxylic acids is 1. The van der Waals surface area contributed by atoms with Gasteiger partial charge in [-0.25, -0.2) is 0 Å². The van der Waals surface area contributed by atoms with E-state index in [-0.39, 0.29) is 11.8 Å². The summed E-state index contributed by atoms with van der Waals surface area (Å²) in [6.45, 7) is 0. The van der Waals surface area contributed by atoms with Gasteiger partial charge in [0.15, 0.2) is 0 Å². The van der Waals surface area contributed by atoms with E-state index in [0.29, 0.717) is 6.04 Å². The number of hydrogen-bond donors (Lipinski definition) is 1. The Hall–Kier alpha value is -1.64. The van der Waals surface area contributed by atoms with Crippen molar-refractivity contribution in [1.82, 2.24) is 0 Å². The maximum atomic E-state index is 11.8. The molecule has 0 radical (unpaired) electrons. The number of amides is 1. The summed E-state index contributed by atoms with van der Waals surface area (Å²) >= 11 is 0. The molecule has 1 aliphatic carbocycles. The molecule has 2 aliphatic rings. The van der Waals surface area contributed by atoms with Crippen molar-refractivity contribution in [3.05, 3.63) is 29.8 Å². The number of aliphatic imine (C=N–C) groups is 1. The van der Waals surface area contributed by atoms with E-state index in [1.807, 2.05) is 30.5 Å². The molecule has 1 fully saturated rings. The SMILES string of the molecule is O=C1Nc2ccccc2[C@@H]1C=NC1CCCC1. The highest BCUT2D eigenvalue weighted by Crippen LogP contribution is 2.31. The second kappa shape index (κ2) is 4.32. The van der Waals surface area contributed by atoms with Gasteiger partial charge in [-0.1, -0.05) is 31.0 Å². The second-order valence-electron chi connectivity index (χ2n) is 4.79. The lowest BCUT2D eigenvalue weighted by Crippen LogP contribution is -2.14. The molecular weight excluding hydrogens is 212 g/mol. The first-order valence-corrected chi connectivity index (χ1v) is 6.28. The van der Waals surface area contributed by atoms with Gasteiger partial charge >= 0.3 is 0 Å². The van der Waals surface area contributed by atoms with Crippen LogP contribution in [0, 0.1) is 0 Å². The molecule has 0 spiro atoms. The molecule has 17 heavy (non-hydrogen) atoms. The van der Waals surface area contributed by atoms with E-state index in [1.165, 1.54) is 25.7 Å². The molecule has 1 aromatic rings. The zero-order chi connectivity index (χ0) is 11.7. The highest BCUT2D eigenvalue weighted by molar-refractivity contribution is 6.12. The zero-order valence-electron chi connectivity index (χ0n) is 9.73. The van der Waals surface area contributed by atoms with Gasteiger partial charge in [-0.15, -0.1) is 0 Å². The van der Waals surface area contributed by atoms with Gasteiger partial charge in [0.25, 0.3) is 0 Å². The van der Waals surface area contributed by atoms with Crippen LogP contribution in [0.1, 0.15) is 37.2 Å². The van der Waals surface area contributed by atoms with Crippen LogP contribution in [0.3, 0.4) is 0 Å². The summed E-state index contributed by atoms with van der Waals surface area (Å²) in [5, 5.41) is 2.89. The summed E-state index contributed by atoms with van der Waals surface area (Å²) in [4.78, 5) is 16.4. The van der Waals surface area contributed by atoms with Crippen molar-refractivity contribution in [3.63, 3.8) is 0 Å². The van der Waals surface area contributed by atoms with Gasteiger partial charge in [-0.2, -0.15) is 0 Å². The molecule has 88 valence electrons. The molecule has 1 saturated carbocycles. The van der Waals surface area contributed by atoms with Gasteiger partial charge in [-0.3, -0.25) is 9.79 Å². The lowest BCUT2D eigenvalue weighted by molar-refractivity contribution is -0.115. The molecule has 0 aromatic heterocycles. The molecule has 3 rings (SSSR count). The minimum absolute atomic E-state index is 0.0490. The number of rotatable bonds is 2. The van der Waals surface area contributed by atoms with Crippen molar-refractivity contribution < 1.29 is 4.79 Å². The maximum absolute atomic E-state index is 11.8. The van der Waals surface area contributed by atoms with Crippen molar-refractivity contribution in [1.29, 1.82) is 0 Å². The van der Waals surface area contributed by atoms with E-state index in [4.69, 9.17) is 0 Å². The number of hydrogen-bond acceptors (Lipinski definition) is 2. The molecule has 1 aromatic carbocycles. The van der Waals surface area contributed by atoms with Crippen LogP contribution in [0.4, 0.5) is 5.69 Å². The van der Waals surface area contributed by atoms with Crippen LogP contribution in [0.25, 0.3) is 0 Å². The van der Waals surface area contributed by atoms with E-state index in [1.54, 1.807) is 0 Å². The quantitative estimate of drug-likeness (QED) is 0.777. The summed E-state index contributed by atoms with van der Waals surface area (Å²) in [5.41, 5.74) is 1.99. The molecule has 1 amide bonds. The normalized spacial score (nSPS) is 24.2. The van der Waals surface area contributed by atoms with Crippen molar-refractivity contribution >= 4 is 17.8 Å². The fourth-order valence-corrected chi connectivity index (χ4v) is 2.64. The van der Waals surface area contributed by atoms with Crippen molar-refractivity contribution in [2.24, 2.45) is 4.99 Å². The Kier molecular flexibility index (Phi) is 2.67. The van der Waals surface area contributed by atoms with Crippen molar-refractivity contribution in [3.8, 4) is 0 Å². The molecule has 0 saturated heterocycles. The third-order valence-corrected chi connectivity index (χ3v) is 3.61. The largest absolute Gasteiger partial charge is 0.325 e. The molecule has 1 heterocycles. The molecule has 3 heteroatoms. The Morgan fingerprint density at radius 1 is 1.24 bits per heavy atom. The monoisotopic (exact) mass is 228 g/mol. The Morgan fingerprint density at radius 3 is 2.82 bits per heavy atom. The summed E-state index contributed by atoms with van der Waals surface area (Å²) in [7, 11) is 0. The Balaban J connectivity index is 1.81. The third-order valence-electron chi connectivity index (χ3n) is 3.61. The Labute approximate surface area is 101 Å². The van der Waals surface area contributed by atoms with Gasteiger partial charge in [-0.05, 0) is 24.5 Å². The summed E-state index contributed by atoms with van der Waals surface area (Å²) < 4.78 is 0. The number of fused-ring (bicyclic) bond motifs is 1. The number of nitrogens with zero attached hydrogens (tertiary/aromatic N) is 1. The fraction of sp³-hybridized carbons (Fsp3) is 0.429. The van der Waals surface area contributed by atoms with E-state index in [9.17, 15) is 4.79 Å². The van der Waals surface area contributed by atoms with E-state index in [2.05, 4.69) is 10.3 Å². The smallest absolute Gasteiger partial charge is 0.237 e. The van der Waals surface area contributed by atoms with Crippen LogP contribution in [-0.2, 0) is 4.79 Å². The average Bonchev–Trinajstić information content (AvgIpc) is 2.93. The molecule has 3 nitrogen and oxygen atoms in total. The van der Waals surface area contributed by atoms with Crippen LogP contribution in [0.2, 0.25) is 0 Å². The molecule has 1 atom stereocenters. The molecule has 0 bridgehead atoms. The van der Waals surface area contributed by atoms with Crippen molar-refractivity contribution in [2.45, 2.75) is 37.6 Å². The lowest BCUT2D eigenvalue weighted by Gasteiger charge is -2.04.